The summed E-state index contributed by atoms with van der Waals surface area (Å²) in [5.74, 6) is 0.960. The first kappa shape index (κ1) is 13.2. The lowest BCUT2D eigenvalue weighted by Gasteiger charge is -2.16. The van der Waals surface area contributed by atoms with Gasteiger partial charge in [-0.15, -0.1) is 10.2 Å². The first-order valence-electron chi connectivity index (χ1n) is 6.26. The quantitative estimate of drug-likeness (QED) is 0.823. The minimum absolute atomic E-state index is 0.181. The Kier molecular flexibility index (Phi) is 4.23. The van der Waals surface area contributed by atoms with Crippen molar-refractivity contribution in [3.8, 4) is 11.3 Å². The number of hydrogen-bond acceptors (Lipinski definition) is 4. The molecule has 1 aromatic heterocycles. The molecule has 0 aliphatic rings. The highest BCUT2D eigenvalue weighted by Crippen LogP contribution is 2.17. The Labute approximate surface area is 113 Å². The summed E-state index contributed by atoms with van der Waals surface area (Å²) in [5, 5.41) is 8.42. The van der Waals surface area contributed by atoms with Gasteiger partial charge in [0.15, 0.2) is 5.82 Å². The fourth-order valence-corrected chi connectivity index (χ4v) is 1.73. The Balaban J connectivity index is 2.08. The molecule has 98 valence electrons. The largest absolute Gasteiger partial charge is 0.358 e. The molecule has 0 unspecified atom stereocenters. The zero-order chi connectivity index (χ0) is 13.7. The molecule has 2 aromatic rings. The number of anilines is 1. The third kappa shape index (κ3) is 3.61. The fraction of sp³-hybridized carbons (Fsp3) is 0.267. The molecular formula is C15H17N3O. The van der Waals surface area contributed by atoms with Gasteiger partial charge in [0.1, 0.15) is 5.78 Å². The van der Waals surface area contributed by atoms with Crippen LogP contribution in [0.25, 0.3) is 11.3 Å². The molecule has 0 aliphatic heterocycles. The number of aromatic nitrogens is 2. The van der Waals surface area contributed by atoms with E-state index < -0.39 is 0 Å². The summed E-state index contributed by atoms with van der Waals surface area (Å²) < 4.78 is 0. The van der Waals surface area contributed by atoms with Gasteiger partial charge < -0.3 is 4.90 Å². The third-order valence-electron chi connectivity index (χ3n) is 2.91. The molecule has 19 heavy (non-hydrogen) atoms. The highest BCUT2D eigenvalue weighted by atomic mass is 16.1. The van der Waals surface area contributed by atoms with Crippen LogP contribution >= 0.6 is 0 Å². The van der Waals surface area contributed by atoms with E-state index in [-0.39, 0.29) is 5.78 Å². The van der Waals surface area contributed by atoms with Gasteiger partial charge in [0.05, 0.1) is 5.69 Å². The molecule has 0 bridgehead atoms. The highest BCUT2D eigenvalue weighted by Gasteiger charge is 2.05. The maximum atomic E-state index is 11.0. The molecule has 4 heteroatoms. The third-order valence-corrected chi connectivity index (χ3v) is 2.91. The van der Waals surface area contributed by atoms with E-state index in [1.165, 1.54) is 0 Å². The van der Waals surface area contributed by atoms with Gasteiger partial charge in [0, 0.05) is 25.6 Å². The molecule has 0 amide bonds. The predicted molar refractivity (Wildman–Crippen MR) is 76.0 cm³/mol. The van der Waals surface area contributed by atoms with Crippen LogP contribution in [-0.4, -0.2) is 29.6 Å². The van der Waals surface area contributed by atoms with Crippen molar-refractivity contribution in [2.24, 2.45) is 0 Å². The second-order valence-corrected chi connectivity index (χ2v) is 4.52. The summed E-state index contributed by atoms with van der Waals surface area (Å²) >= 11 is 0. The van der Waals surface area contributed by atoms with Crippen LogP contribution in [0, 0.1) is 0 Å². The highest BCUT2D eigenvalue weighted by molar-refractivity contribution is 5.76. The Hall–Kier alpha value is -2.23. The van der Waals surface area contributed by atoms with Gasteiger partial charge in [0.2, 0.25) is 0 Å². The second-order valence-electron chi connectivity index (χ2n) is 4.52. The average molecular weight is 255 g/mol. The van der Waals surface area contributed by atoms with Crippen LogP contribution in [0.4, 0.5) is 5.82 Å². The SMILES string of the molecule is CC(=O)CCN(C)c1ccc(-c2ccccc2)nn1. The van der Waals surface area contributed by atoms with Crippen molar-refractivity contribution >= 4 is 11.6 Å². The van der Waals surface area contributed by atoms with E-state index in [2.05, 4.69) is 10.2 Å². The molecule has 1 aromatic carbocycles. The number of nitrogens with zero attached hydrogens (tertiary/aromatic N) is 3. The van der Waals surface area contributed by atoms with E-state index in [4.69, 9.17) is 0 Å². The fourth-order valence-electron chi connectivity index (χ4n) is 1.73. The molecule has 0 spiro atoms. The van der Waals surface area contributed by atoms with E-state index in [1.54, 1.807) is 6.92 Å². The lowest BCUT2D eigenvalue weighted by atomic mass is 10.1. The summed E-state index contributed by atoms with van der Waals surface area (Å²) in [6.07, 6.45) is 0.526. The Morgan fingerprint density at radius 1 is 1.11 bits per heavy atom. The summed E-state index contributed by atoms with van der Waals surface area (Å²) in [4.78, 5) is 12.9. The Morgan fingerprint density at radius 3 is 2.42 bits per heavy atom. The van der Waals surface area contributed by atoms with Crippen LogP contribution in [-0.2, 0) is 4.79 Å². The lowest BCUT2D eigenvalue weighted by molar-refractivity contribution is -0.116. The zero-order valence-corrected chi connectivity index (χ0v) is 11.2. The van der Waals surface area contributed by atoms with Crippen LogP contribution < -0.4 is 4.90 Å². The van der Waals surface area contributed by atoms with Crippen molar-refractivity contribution in [1.82, 2.24) is 10.2 Å². The van der Waals surface area contributed by atoms with Crippen molar-refractivity contribution < 1.29 is 4.79 Å². The molecule has 0 aliphatic carbocycles. The van der Waals surface area contributed by atoms with Gasteiger partial charge in [-0.25, -0.2) is 0 Å². The summed E-state index contributed by atoms with van der Waals surface area (Å²) in [6, 6.07) is 13.8. The van der Waals surface area contributed by atoms with E-state index in [9.17, 15) is 4.79 Å². The summed E-state index contributed by atoms with van der Waals surface area (Å²) in [6.45, 7) is 2.26. The van der Waals surface area contributed by atoms with Gasteiger partial charge in [-0.05, 0) is 19.1 Å². The lowest BCUT2D eigenvalue weighted by Crippen LogP contribution is -2.21. The maximum absolute atomic E-state index is 11.0. The maximum Gasteiger partial charge on any atom is 0.151 e. The number of benzene rings is 1. The first-order chi connectivity index (χ1) is 9.16. The molecule has 0 atom stereocenters. The summed E-state index contributed by atoms with van der Waals surface area (Å²) in [7, 11) is 1.91. The van der Waals surface area contributed by atoms with Crippen molar-refractivity contribution in [3.05, 3.63) is 42.5 Å². The van der Waals surface area contributed by atoms with Crippen LogP contribution in [0.3, 0.4) is 0 Å². The molecule has 4 nitrogen and oxygen atoms in total. The van der Waals surface area contributed by atoms with Crippen molar-refractivity contribution in [2.75, 3.05) is 18.5 Å². The van der Waals surface area contributed by atoms with Gasteiger partial charge in [-0.3, -0.25) is 4.79 Å². The standard InChI is InChI=1S/C15H17N3O/c1-12(19)10-11-18(2)15-9-8-14(16-17-15)13-6-4-3-5-7-13/h3-9H,10-11H2,1-2H3. The molecule has 0 saturated heterocycles. The van der Waals surface area contributed by atoms with Gasteiger partial charge in [0.25, 0.3) is 0 Å². The van der Waals surface area contributed by atoms with E-state index >= 15 is 0 Å². The Morgan fingerprint density at radius 2 is 1.84 bits per heavy atom. The zero-order valence-electron chi connectivity index (χ0n) is 11.2. The molecule has 0 fully saturated rings. The number of carbonyl (C=O) groups excluding carboxylic acids is 1. The molecule has 1 heterocycles. The monoisotopic (exact) mass is 255 g/mol. The normalized spacial score (nSPS) is 10.2. The van der Waals surface area contributed by atoms with Crippen LogP contribution in [0.1, 0.15) is 13.3 Å². The molecular weight excluding hydrogens is 238 g/mol. The minimum atomic E-state index is 0.181. The molecule has 2 rings (SSSR count). The second kappa shape index (κ2) is 6.09. The number of rotatable bonds is 5. The van der Waals surface area contributed by atoms with Crippen molar-refractivity contribution in [2.45, 2.75) is 13.3 Å². The van der Waals surface area contributed by atoms with Crippen LogP contribution in [0.15, 0.2) is 42.5 Å². The van der Waals surface area contributed by atoms with E-state index in [0.717, 1.165) is 17.1 Å². The van der Waals surface area contributed by atoms with Crippen LogP contribution in [0.2, 0.25) is 0 Å². The topological polar surface area (TPSA) is 46.1 Å². The van der Waals surface area contributed by atoms with Gasteiger partial charge in [-0.2, -0.15) is 0 Å². The number of hydrogen-bond donors (Lipinski definition) is 0. The predicted octanol–water partition coefficient (Wildman–Crippen LogP) is 2.56. The van der Waals surface area contributed by atoms with E-state index in [0.29, 0.717) is 13.0 Å². The Bertz CT molecular complexity index is 537. The van der Waals surface area contributed by atoms with Crippen molar-refractivity contribution in [1.29, 1.82) is 0 Å². The molecule has 0 N–H and O–H groups in total. The molecule has 0 radical (unpaired) electrons. The number of Topliss-reactive ketones (excluding diaryl/α,β-unsaturated/α-hetero) is 1. The molecule has 0 saturated carbocycles. The van der Waals surface area contributed by atoms with Gasteiger partial charge in [-0.1, -0.05) is 30.3 Å². The van der Waals surface area contributed by atoms with E-state index in [1.807, 2.05) is 54.4 Å². The van der Waals surface area contributed by atoms with Gasteiger partial charge >= 0.3 is 0 Å². The average Bonchev–Trinajstić information content (AvgIpc) is 2.46. The minimum Gasteiger partial charge on any atom is -0.358 e. The summed E-state index contributed by atoms with van der Waals surface area (Å²) in [5.41, 5.74) is 1.90. The smallest absolute Gasteiger partial charge is 0.151 e. The number of ketones is 1. The van der Waals surface area contributed by atoms with Crippen LogP contribution in [0.5, 0.6) is 0 Å². The van der Waals surface area contributed by atoms with Crippen molar-refractivity contribution in [3.63, 3.8) is 0 Å². The number of carbonyl (C=O) groups is 1. The first-order valence-corrected chi connectivity index (χ1v) is 6.26.